The molecule has 18 heavy (non-hydrogen) atoms. The molecule has 1 aliphatic heterocycles. The number of ether oxygens (including phenoxy) is 1. The summed E-state index contributed by atoms with van der Waals surface area (Å²) in [7, 11) is -2.89. The zero-order valence-corrected chi connectivity index (χ0v) is 11.1. The number of alkyl halides is 2. The maximum Gasteiger partial charge on any atom is 0.311 e. The number of halogens is 2. The van der Waals surface area contributed by atoms with Crippen molar-refractivity contribution in [3.8, 4) is 0 Å². The second-order valence-electron chi connectivity index (χ2n) is 4.85. The Morgan fingerprint density at radius 1 is 1.33 bits per heavy atom. The van der Waals surface area contributed by atoms with E-state index in [-0.39, 0.29) is 24.0 Å². The maximum atomic E-state index is 12.5. The van der Waals surface area contributed by atoms with Gasteiger partial charge >= 0.3 is 5.97 Å². The molecule has 1 aliphatic rings. The first-order valence-corrected chi connectivity index (χ1v) is 7.74. The highest BCUT2D eigenvalue weighted by Crippen LogP contribution is 2.22. The topological polar surface area (TPSA) is 60.4 Å². The summed E-state index contributed by atoms with van der Waals surface area (Å²) < 4.78 is 52.0. The van der Waals surface area contributed by atoms with Gasteiger partial charge in [0.15, 0.2) is 0 Å². The van der Waals surface area contributed by atoms with Crippen molar-refractivity contribution < 1.29 is 26.7 Å². The van der Waals surface area contributed by atoms with Gasteiger partial charge in [-0.3, -0.25) is 4.79 Å². The van der Waals surface area contributed by atoms with Crippen LogP contribution in [0.15, 0.2) is 0 Å². The van der Waals surface area contributed by atoms with Crippen LogP contribution in [0.25, 0.3) is 0 Å². The molecule has 0 N–H and O–H groups in total. The molecule has 0 aromatic heterocycles. The lowest BCUT2D eigenvalue weighted by molar-refractivity contribution is -0.150. The average molecular weight is 284 g/mol. The van der Waals surface area contributed by atoms with Crippen molar-refractivity contribution in [1.29, 1.82) is 0 Å². The SMILES string of the molecule is CC(F)(F)CC(=O)OCCC1CCS(=O)(=O)CC1. The van der Waals surface area contributed by atoms with Crippen molar-refractivity contribution in [1.82, 2.24) is 0 Å². The van der Waals surface area contributed by atoms with Gasteiger partial charge in [0, 0.05) is 0 Å². The van der Waals surface area contributed by atoms with Gasteiger partial charge in [0.2, 0.25) is 0 Å². The molecule has 0 unspecified atom stereocenters. The van der Waals surface area contributed by atoms with E-state index in [1.54, 1.807) is 0 Å². The molecule has 1 saturated heterocycles. The van der Waals surface area contributed by atoms with Gasteiger partial charge in [-0.1, -0.05) is 0 Å². The highest BCUT2D eigenvalue weighted by molar-refractivity contribution is 7.91. The summed E-state index contributed by atoms with van der Waals surface area (Å²) in [5, 5.41) is 0. The number of hydrogen-bond donors (Lipinski definition) is 0. The molecule has 106 valence electrons. The first kappa shape index (κ1) is 15.3. The lowest BCUT2D eigenvalue weighted by Crippen LogP contribution is -2.25. The molecule has 0 bridgehead atoms. The molecule has 0 aromatic rings. The van der Waals surface area contributed by atoms with Crippen molar-refractivity contribution in [3.63, 3.8) is 0 Å². The Labute approximate surface area is 106 Å². The number of sulfone groups is 1. The van der Waals surface area contributed by atoms with Crippen molar-refractivity contribution >= 4 is 15.8 Å². The van der Waals surface area contributed by atoms with Gasteiger partial charge in [-0.05, 0) is 32.1 Å². The lowest BCUT2D eigenvalue weighted by atomic mass is 10.00. The fourth-order valence-electron chi connectivity index (χ4n) is 1.87. The Kier molecular flexibility index (Phi) is 5.07. The van der Waals surface area contributed by atoms with E-state index in [2.05, 4.69) is 0 Å². The van der Waals surface area contributed by atoms with Crippen molar-refractivity contribution in [2.45, 2.75) is 38.5 Å². The number of hydrogen-bond acceptors (Lipinski definition) is 4. The van der Waals surface area contributed by atoms with E-state index < -0.39 is 28.1 Å². The standard InChI is InChI=1S/C11H18F2O4S/c1-11(12,13)8-10(14)17-5-2-9-3-6-18(15,16)7-4-9/h9H,2-8H2,1H3. The Hall–Kier alpha value is -0.720. The second-order valence-corrected chi connectivity index (χ2v) is 7.15. The third-order valence-electron chi connectivity index (χ3n) is 2.92. The zero-order valence-electron chi connectivity index (χ0n) is 10.3. The van der Waals surface area contributed by atoms with Crippen LogP contribution < -0.4 is 0 Å². The summed E-state index contributed by atoms with van der Waals surface area (Å²) in [6, 6.07) is 0. The number of esters is 1. The second kappa shape index (κ2) is 5.95. The summed E-state index contributed by atoms with van der Waals surface area (Å²) in [4.78, 5) is 11.0. The van der Waals surface area contributed by atoms with Gasteiger partial charge in [-0.2, -0.15) is 0 Å². The van der Waals surface area contributed by atoms with Crippen molar-refractivity contribution in [3.05, 3.63) is 0 Å². The molecule has 7 heteroatoms. The van der Waals surface area contributed by atoms with Crippen LogP contribution in [0, 0.1) is 5.92 Å². The molecule has 1 heterocycles. The van der Waals surface area contributed by atoms with Gasteiger partial charge in [-0.15, -0.1) is 0 Å². The first-order chi connectivity index (χ1) is 8.18. The van der Waals surface area contributed by atoms with E-state index in [9.17, 15) is 22.0 Å². The predicted octanol–water partition coefficient (Wildman–Crippen LogP) is 1.79. The normalized spacial score (nSPS) is 20.6. The van der Waals surface area contributed by atoms with E-state index >= 15 is 0 Å². The van der Waals surface area contributed by atoms with Crippen LogP contribution in [-0.4, -0.2) is 38.4 Å². The van der Waals surface area contributed by atoms with E-state index in [1.165, 1.54) is 0 Å². The molecule has 1 fully saturated rings. The van der Waals surface area contributed by atoms with Gasteiger partial charge < -0.3 is 4.74 Å². The number of carbonyl (C=O) groups excluding carboxylic acids is 1. The van der Waals surface area contributed by atoms with Crippen LogP contribution in [-0.2, 0) is 19.4 Å². The molecule has 0 aliphatic carbocycles. The van der Waals surface area contributed by atoms with Gasteiger partial charge in [0.05, 0.1) is 18.1 Å². The molecule has 0 radical (unpaired) electrons. The Bertz CT molecular complexity index is 372. The smallest absolute Gasteiger partial charge is 0.311 e. The van der Waals surface area contributed by atoms with Crippen molar-refractivity contribution in [2.24, 2.45) is 5.92 Å². The van der Waals surface area contributed by atoms with E-state index in [0.29, 0.717) is 26.2 Å². The van der Waals surface area contributed by atoms with E-state index in [4.69, 9.17) is 4.74 Å². The predicted molar refractivity (Wildman–Crippen MR) is 62.2 cm³/mol. The lowest BCUT2D eigenvalue weighted by Gasteiger charge is -2.21. The first-order valence-electron chi connectivity index (χ1n) is 5.92. The third kappa shape index (κ3) is 6.28. The Morgan fingerprint density at radius 3 is 2.39 bits per heavy atom. The summed E-state index contributed by atoms with van der Waals surface area (Å²) in [6.45, 7) is 0.750. The highest BCUT2D eigenvalue weighted by Gasteiger charge is 2.27. The highest BCUT2D eigenvalue weighted by atomic mass is 32.2. The summed E-state index contributed by atoms with van der Waals surface area (Å²) in [5.74, 6) is -3.43. The quantitative estimate of drug-likeness (QED) is 0.722. The van der Waals surface area contributed by atoms with Crippen LogP contribution >= 0.6 is 0 Å². The minimum absolute atomic E-state index is 0.0830. The molecule has 0 amide bonds. The fourth-order valence-corrected chi connectivity index (χ4v) is 3.46. The fraction of sp³-hybridized carbons (Fsp3) is 0.909. The molecular weight excluding hydrogens is 266 g/mol. The molecule has 1 rings (SSSR count). The molecule has 0 spiro atoms. The van der Waals surface area contributed by atoms with E-state index in [0.717, 1.165) is 0 Å². The Balaban J connectivity index is 2.17. The van der Waals surface area contributed by atoms with Crippen molar-refractivity contribution in [2.75, 3.05) is 18.1 Å². The summed E-state index contributed by atoms with van der Waals surface area (Å²) in [5.41, 5.74) is 0. The van der Waals surface area contributed by atoms with Gasteiger partial charge in [0.1, 0.15) is 16.3 Å². The molecular formula is C11H18F2O4S. The minimum atomic E-state index is -3.05. The van der Waals surface area contributed by atoms with Crippen LogP contribution in [0.4, 0.5) is 8.78 Å². The summed E-state index contributed by atoms with van der Waals surface area (Å²) in [6.07, 6.45) is 0.746. The van der Waals surface area contributed by atoms with Crippen LogP contribution in [0.2, 0.25) is 0 Å². The van der Waals surface area contributed by atoms with Crippen LogP contribution in [0.3, 0.4) is 0 Å². The number of rotatable bonds is 5. The summed E-state index contributed by atoms with van der Waals surface area (Å²) >= 11 is 0. The Morgan fingerprint density at radius 2 is 1.89 bits per heavy atom. The van der Waals surface area contributed by atoms with Gasteiger partial charge in [0.25, 0.3) is 5.92 Å². The third-order valence-corrected chi connectivity index (χ3v) is 4.63. The largest absolute Gasteiger partial charge is 0.466 e. The average Bonchev–Trinajstić information content (AvgIpc) is 2.18. The maximum absolute atomic E-state index is 12.5. The van der Waals surface area contributed by atoms with Crippen LogP contribution in [0.5, 0.6) is 0 Å². The zero-order chi connectivity index (χ0) is 13.8. The molecule has 0 saturated carbocycles. The van der Waals surface area contributed by atoms with Gasteiger partial charge in [-0.25, -0.2) is 17.2 Å². The number of carbonyl (C=O) groups is 1. The van der Waals surface area contributed by atoms with Crippen LogP contribution in [0.1, 0.15) is 32.6 Å². The molecule has 4 nitrogen and oxygen atoms in total. The minimum Gasteiger partial charge on any atom is -0.466 e. The molecule has 0 atom stereocenters. The van der Waals surface area contributed by atoms with E-state index in [1.807, 2.05) is 0 Å². The molecule has 0 aromatic carbocycles. The monoisotopic (exact) mass is 284 g/mol.